The molecular weight excluding hydrogens is 385 g/mol. The number of benzene rings is 2. The molecule has 0 N–H and O–H groups in total. The maximum absolute atomic E-state index is 12.9. The molecule has 1 amide bonds. The Morgan fingerprint density at radius 1 is 1.13 bits per heavy atom. The van der Waals surface area contributed by atoms with Crippen molar-refractivity contribution < 1.29 is 18.4 Å². The molecular formula is C23H24FN3O3. The molecule has 4 rings (SSSR count). The number of aromatic nitrogens is 2. The Balaban J connectivity index is 1.36. The van der Waals surface area contributed by atoms with Crippen molar-refractivity contribution in [2.24, 2.45) is 0 Å². The van der Waals surface area contributed by atoms with Gasteiger partial charge in [-0.2, -0.15) is 4.98 Å². The van der Waals surface area contributed by atoms with E-state index in [4.69, 9.17) is 9.26 Å². The van der Waals surface area contributed by atoms with E-state index in [9.17, 15) is 9.18 Å². The van der Waals surface area contributed by atoms with Crippen LogP contribution in [-0.2, 0) is 17.6 Å². The van der Waals surface area contributed by atoms with Crippen molar-refractivity contribution in [1.82, 2.24) is 15.0 Å². The minimum absolute atomic E-state index is 0.0743. The summed E-state index contributed by atoms with van der Waals surface area (Å²) in [6.07, 6.45) is 3.64. The predicted molar refractivity (Wildman–Crippen MR) is 108 cm³/mol. The lowest BCUT2D eigenvalue weighted by Crippen LogP contribution is -2.39. The van der Waals surface area contributed by atoms with Crippen LogP contribution in [0.25, 0.3) is 0 Å². The Hall–Kier alpha value is -3.22. The average molecular weight is 409 g/mol. The van der Waals surface area contributed by atoms with Crippen LogP contribution in [0.15, 0.2) is 59.1 Å². The van der Waals surface area contributed by atoms with Gasteiger partial charge in [0.1, 0.15) is 17.6 Å². The number of hydrogen-bond acceptors (Lipinski definition) is 5. The Kier molecular flexibility index (Phi) is 6.37. The molecule has 1 aliphatic rings. The summed E-state index contributed by atoms with van der Waals surface area (Å²) in [4.78, 5) is 19.3. The topological polar surface area (TPSA) is 68.5 Å². The van der Waals surface area contributed by atoms with E-state index in [-0.39, 0.29) is 17.8 Å². The number of halogens is 1. The number of carbonyl (C=O) groups is 1. The molecule has 0 radical (unpaired) electrons. The van der Waals surface area contributed by atoms with Crippen LogP contribution in [0.5, 0.6) is 5.75 Å². The normalized spacial score (nSPS) is 16.4. The molecule has 7 heteroatoms. The van der Waals surface area contributed by atoms with Gasteiger partial charge in [-0.15, -0.1) is 0 Å². The van der Waals surface area contributed by atoms with Gasteiger partial charge in [0.2, 0.25) is 11.8 Å². The largest absolute Gasteiger partial charge is 0.493 e. The Labute approximate surface area is 174 Å². The first-order valence-electron chi connectivity index (χ1n) is 10.2. The van der Waals surface area contributed by atoms with E-state index in [1.807, 2.05) is 35.2 Å². The third-order valence-corrected chi connectivity index (χ3v) is 5.20. The average Bonchev–Trinajstić information content (AvgIpc) is 3.25. The molecule has 1 aromatic heterocycles. The summed E-state index contributed by atoms with van der Waals surface area (Å²) in [5.41, 5.74) is 0.996. The summed E-state index contributed by atoms with van der Waals surface area (Å²) in [5.74, 6) is 1.38. The second kappa shape index (κ2) is 9.52. The van der Waals surface area contributed by atoms with Crippen molar-refractivity contribution in [3.8, 4) is 5.75 Å². The fraction of sp³-hybridized carbons (Fsp3) is 0.348. The summed E-state index contributed by atoms with van der Waals surface area (Å²) in [6.45, 7) is 1.05. The zero-order valence-electron chi connectivity index (χ0n) is 16.7. The van der Waals surface area contributed by atoms with E-state index >= 15 is 0 Å². The van der Waals surface area contributed by atoms with Crippen LogP contribution in [-0.4, -0.2) is 34.1 Å². The van der Waals surface area contributed by atoms with Crippen LogP contribution in [0.2, 0.25) is 0 Å². The Morgan fingerprint density at radius 2 is 1.93 bits per heavy atom. The number of rotatable bonds is 7. The van der Waals surface area contributed by atoms with Crippen LogP contribution >= 0.6 is 0 Å². The van der Waals surface area contributed by atoms with Gasteiger partial charge in [-0.25, -0.2) is 4.39 Å². The monoisotopic (exact) mass is 409 g/mol. The van der Waals surface area contributed by atoms with Crippen molar-refractivity contribution in [3.05, 3.63) is 77.7 Å². The van der Waals surface area contributed by atoms with Crippen LogP contribution in [0.4, 0.5) is 4.39 Å². The van der Waals surface area contributed by atoms with Gasteiger partial charge >= 0.3 is 0 Å². The fourth-order valence-corrected chi connectivity index (χ4v) is 3.65. The maximum Gasteiger partial charge on any atom is 0.249 e. The van der Waals surface area contributed by atoms with Gasteiger partial charge in [0, 0.05) is 13.0 Å². The first-order valence-corrected chi connectivity index (χ1v) is 10.2. The van der Waals surface area contributed by atoms with E-state index in [1.54, 1.807) is 12.1 Å². The molecule has 0 spiro atoms. The highest BCUT2D eigenvalue weighted by molar-refractivity contribution is 5.79. The molecule has 0 saturated carbocycles. The van der Waals surface area contributed by atoms with Gasteiger partial charge in [0.25, 0.3) is 0 Å². The standard InChI is InChI=1S/C23H24FN3O3/c24-18-9-11-19(12-10-18)29-15-13-21-25-23(30-26-21)20-8-4-5-14-27(20)22(28)16-17-6-2-1-3-7-17/h1-3,6-7,9-12,20H,4-5,8,13-16H2. The fourth-order valence-electron chi connectivity index (χ4n) is 3.65. The second-order valence-corrected chi connectivity index (χ2v) is 7.36. The Morgan fingerprint density at radius 3 is 2.73 bits per heavy atom. The summed E-state index contributed by atoms with van der Waals surface area (Å²) in [5, 5.41) is 4.05. The third kappa shape index (κ3) is 5.03. The second-order valence-electron chi connectivity index (χ2n) is 7.36. The highest BCUT2D eigenvalue weighted by Gasteiger charge is 2.32. The number of ether oxygens (including phenoxy) is 1. The lowest BCUT2D eigenvalue weighted by Gasteiger charge is -2.33. The number of amides is 1. The molecule has 1 unspecified atom stereocenters. The van der Waals surface area contributed by atoms with Gasteiger partial charge in [-0.1, -0.05) is 35.5 Å². The molecule has 2 aromatic carbocycles. The molecule has 3 aromatic rings. The van der Waals surface area contributed by atoms with E-state index in [1.165, 1.54) is 12.1 Å². The zero-order valence-corrected chi connectivity index (χ0v) is 16.7. The lowest BCUT2D eigenvalue weighted by atomic mass is 10.0. The van der Waals surface area contributed by atoms with Crippen molar-refractivity contribution in [2.45, 2.75) is 38.1 Å². The van der Waals surface area contributed by atoms with Crippen molar-refractivity contribution in [3.63, 3.8) is 0 Å². The predicted octanol–water partition coefficient (Wildman–Crippen LogP) is 4.13. The number of likely N-dealkylation sites (tertiary alicyclic amines) is 1. The molecule has 6 nitrogen and oxygen atoms in total. The van der Waals surface area contributed by atoms with Crippen LogP contribution in [0.3, 0.4) is 0 Å². The third-order valence-electron chi connectivity index (χ3n) is 5.20. The van der Waals surface area contributed by atoms with E-state index in [0.717, 1.165) is 24.8 Å². The van der Waals surface area contributed by atoms with Gasteiger partial charge in [0.15, 0.2) is 5.82 Å². The number of carbonyl (C=O) groups excluding carboxylic acids is 1. The maximum atomic E-state index is 12.9. The molecule has 1 aliphatic heterocycles. The molecule has 1 atom stereocenters. The summed E-state index contributed by atoms with van der Waals surface area (Å²) in [7, 11) is 0. The van der Waals surface area contributed by atoms with Crippen LogP contribution < -0.4 is 4.74 Å². The molecule has 2 heterocycles. The highest BCUT2D eigenvalue weighted by atomic mass is 19.1. The van der Waals surface area contributed by atoms with Gasteiger partial charge in [0.05, 0.1) is 13.0 Å². The van der Waals surface area contributed by atoms with Crippen molar-refractivity contribution in [2.75, 3.05) is 13.2 Å². The summed E-state index contributed by atoms with van der Waals surface area (Å²) < 4.78 is 24.0. The molecule has 1 saturated heterocycles. The molecule has 0 aliphatic carbocycles. The summed E-state index contributed by atoms with van der Waals surface area (Å²) in [6, 6.07) is 15.4. The Bertz CT molecular complexity index is 959. The van der Waals surface area contributed by atoms with Gasteiger partial charge in [-0.05, 0) is 49.1 Å². The SMILES string of the molecule is O=C(Cc1ccccc1)N1CCCCC1c1nc(CCOc2ccc(F)cc2)no1. The zero-order chi connectivity index (χ0) is 20.8. The minimum Gasteiger partial charge on any atom is -0.493 e. The number of hydrogen-bond donors (Lipinski definition) is 0. The molecule has 1 fully saturated rings. The smallest absolute Gasteiger partial charge is 0.249 e. The van der Waals surface area contributed by atoms with Gasteiger partial charge < -0.3 is 14.2 Å². The van der Waals surface area contributed by atoms with E-state index in [2.05, 4.69) is 10.1 Å². The summed E-state index contributed by atoms with van der Waals surface area (Å²) >= 11 is 0. The lowest BCUT2D eigenvalue weighted by molar-refractivity contribution is -0.135. The number of nitrogens with zero attached hydrogens (tertiary/aromatic N) is 3. The quantitative estimate of drug-likeness (QED) is 0.587. The highest BCUT2D eigenvalue weighted by Crippen LogP contribution is 2.30. The minimum atomic E-state index is -0.302. The van der Waals surface area contributed by atoms with E-state index in [0.29, 0.717) is 43.5 Å². The first-order chi connectivity index (χ1) is 14.7. The number of piperidine rings is 1. The molecule has 156 valence electrons. The van der Waals surface area contributed by atoms with E-state index < -0.39 is 0 Å². The van der Waals surface area contributed by atoms with Crippen molar-refractivity contribution in [1.29, 1.82) is 0 Å². The molecule has 0 bridgehead atoms. The van der Waals surface area contributed by atoms with Crippen LogP contribution in [0, 0.1) is 5.82 Å². The van der Waals surface area contributed by atoms with Gasteiger partial charge in [-0.3, -0.25) is 4.79 Å². The van der Waals surface area contributed by atoms with Crippen molar-refractivity contribution >= 4 is 5.91 Å². The first kappa shape index (κ1) is 20.1. The van der Waals surface area contributed by atoms with Crippen LogP contribution in [0.1, 0.15) is 42.6 Å². The molecule has 30 heavy (non-hydrogen) atoms.